The SMILES string of the molecule is C/C=C(C=P(c1ccccc1)(c1ccccc1)c1ccccc1)\C=C/C(C)F. The van der Waals surface area contributed by atoms with Crippen LogP contribution in [0.25, 0.3) is 0 Å². The zero-order valence-electron chi connectivity index (χ0n) is 16.4. The largest absolute Gasteiger partial charge is 0.243 e. The predicted octanol–water partition coefficient (Wildman–Crippen LogP) is 5.64. The standard InChI is InChI=1S/C26H26FP/c1-3-23(20-19-22(2)27)21-28(24-13-7-4-8-14-24,25-15-9-5-10-16-25)26-17-11-6-12-18-26/h3-22H,1-2H3/b20-19-,23-3+. The molecule has 3 aromatic carbocycles. The van der Waals surface area contributed by atoms with Gasteiger partial charge in [-0.3, -0.25) is 0 Å². The molecule has 1 atom stereocenters. The number of hydrogen-bond acceptors (Lipinski definition) is 0. The second-order valence-corrected chi connectivity index (χ2v) is 9.94. The summed E-state index contributed by atoms with van der Waals surface area (Å²) in [5, 5.41) is 3.86. The first-order chi connectivity index (χ1) is 13.7. The van der Waals surface area contributed by atoms with E-state index in [4.69, 9.17) is 0 Å². The molecule has 0 heterocycles. The Morgan fingerprint density at radius 2 is 1.14 bits per heavy atom. The van der Waals surface area contributed by atoms with Crippen LogP contribution in [-0.2, 0) is 0 Å². The van der Waals surface area contributed by atoms with Crippen molar-refractivity contribution in [3.05, 3.63) is 115 Å². The van der Waals surface area contributed by atoms with Crippen molar-refractivity contribution < 1.29 is 4.39 Å². The van der Waals surface area contributed by atoms with Gasteiger partial charge in [0.25, 0.3) is 0 Å². The summed E-state index contributed by atoms with van der Waals surface area (Å²) in [6, 6.07) is 32.0. The van der Waals surface area contributed by atoms with Gasteiger partial charge in [0.15, 0.2) is 0 Å². The average Bonchev–Trinajstić information content (AvgIpc) is 2.76. The fraction of sp³-hybridized carbons (Fsp3) is 0.115. The topological polar surface area (TPSA) is 0 Å². The van der Waals surface area contributed by atoms with Crippen LogP contribution in [0, 0.1) is 0 Å². The van der Waals surface area contributed by atoms with Gasteiger partial charge < -0.3 is 0 Å². The maximum atomic E-state index is 13.5. The third-order valence-electron chi connectivity index (χ3n) is 4.72. The van der Waals surface area contributed by atoms with Crippen molar-refractivity contribution in [3.8, 4) is 0 Å². The molecule has 1 unspecified atom stereocenters. The Labute approximate surface area is 168 Å². The Morgan fingerprint density at radius 3 is 1.46 bits per heavy atom. The third kappa shape index (κ3) is 4.43. The van der Waals surface area contributed by atoms with Gasteiger partial charge in [0, 0.05) is 0 Å². The van der Waals surface area contributed by atoms with Gasteiger partial charge in [-0.2, -0.15) is 0 Å². The molecule has 2 heteroatoms. The number of alkyl halides is 1. The highest BCUT2D eigenvalue weighted by molar-refractivity contribution is 7.94. The first-order valence-electron chi connectivity index (χ1n) is 9.57. The van der Waals surface area contributed by atoms with E-state index in [1.165, 1.54) is 15.9 Å². The van der Waals surface area contributed by atoms with Crippen molar-refractivity contribution in [3.63, 3.8) is 0 Å². The minimum absolute atomic E-state index is 0.971. The number of allylic oxidation sites excluding steroid dienone is 4. The summed E-state index contributed by atoms with van der Waals surface area (Å²) in [5.74, 6) is 2.35. The molecule has 0 aliphatic rings. The van der Waals surface area contributed by atoms with Gasteiger partial charge in [0.1, 0.15) is 6.17 Å². The molecule has 28 heavy (non-hydrogen) atoms. The lowest BCUT2D eigenvalue weighted by molar-refractivity contribution is 0.430. The summed E-state index contributed by atoms with van der Waals surface area (Å²) in [7, 11) is 0. The Morgan fingerprint density at radius 1 is 0.750 bits per heavy atom. The molecule has 0 radical (unpaired) electrons. The smallest absolute Gasteiger partial charge is 0.116 e. The molecule has 0 N–H and O–H groups in total. The van der Waals surface area contributed by atoms with Crippen LogP contribution in [0.2, 0.25) is 0 Å². The van der Waals surface area contributed by atoms with Crippen LogP contribution in [0.15, 0.2) is 115 Å². The molecular weight excluding hydrogens is 362 g/mol. The van der Waals surface area contributed by atoms with Crippen molar-refractivity contribution in [1.82, 2.24) is 0 Å². The van der Waals surface area contributed by atoms with Gasteiger partial charge in [-0.15, -0.1) is 0 Å². The number of halogens is 1. The van der Waals surface area contributed by atoms with Gasteiger partial charge in [-0.05, 0) is 48.0 Å². The summed E-state index contributed by atoms with van der Waals surface area (Å²) in [5.41, 5.74) is 1.04. The van der Waals surface area contributed by atoms with Crippen LogP contribution >= 0.6 is 6.89 Å². The molecule has 0 saturated heterocycles. The molecule has 0 fully saturated rings. The van der Waals surface area contributed by atoms with Crippen molar-refractivity contribution in [2.45, 2.75) is 20.0 Å². The van der Waals surface area contributed by atoms with Crippen LogP contribution in [0.5, 0.6) is 0 Å². The Hall–Kier alpha value is -2.63. The molecule has 0 nitrogen and oxygen atoms in total. The molecule has 0 spiro atoms. The van der Waals surface area contributed by atoms with E-state index in [-0.39, 0.29) is 0 Å². The predicted molar refractivity (Wildman–Crippen MR) is 125 cm³/mol. The number of benzene rings is 3. The summed E-state index contributed by atoms with van der Waals surface area (Å²) in [4.78, 5) is 0. The van der Waals surface area contributed by atoms with Gasteiger partial charge in [-0.1, -0.05) is 109 Å². The fourth-order valence-corrected chi connectivity index (χ4v) is 7.29. The molecule has 0 saturated carbocycles. The Bertz CT molecular complexity index is 881. The van der Waals surface area contributed by atoms with E-state index in [1.807, 2.05) is 13.0 Å². The first kappa shape index (κ1) is 20.1. The lowest BCUT2D eigenvalue weighted by atomic mass is 10.2. The minimum atomic E-state index is -2.05. The van der Waals surface area contributed by atoms with Crippen LogP contribution in [0.3, 0.4) is 0 Å². The highest BCUT2D eigenvalue weighted by Gasteiger charge is 2.24. The van der Waals surface area contributed by atoms with Crippen molar-refractivity contribution in [1.29, 1.82) is 0 Å². The zero-order valence-corrected chi connectivity index (χ0v) is 17.3. The molecule has 0 aliphatic heterocycles. The maximum Gasteiger partial charge on any atom is 0.116 e. The van der Waals surface area contributed by atoms with Crippen LogP contribution in [-0.4, -0.2) is 12.0 Å². The lowest BCUT2D eigenvalue weighted by Gasteiger charge is -2.29. The Kier molecular flexibility index (Phi) is 6.85. The fourth-order valence-electron chi connectivity index (χ4n) is 3.34. The first-order valence-corrected chi connectivity index (χ1v) is 11.4. The molecule has 3 aromatic rings. The molecule has 0 bridgehead atoms. The van der Waals surface area contributed by atoms with Gasteiger partial charge in [-0.25, -0.2) is 4.39 Å². The quantitative estimate of drug-likeness (QED) is 0.378. The van der Waals surface area contributed by atoms with Gasteiger partial charge in [0.05, 0.1) is 0 Å². The van der Waals surface area contributed by atoms with Gasteiger partial charge in [0.2, 0.25) is 0 Å². The molecule has 142 valence electrons. The minimum Gasteiger partial charge on any atom is -0.243 e. The van der Waals surface area contributed by atoms with E-state index in [2.05, 4.69) is 103 Å². The summed E-state index contributed by atoms with van der Waals surface area (Å²) in [6.45, 7) is 1.51. The molecule has 0 aliphatic carbocycles. The van der Waals surface area contributed by atoms with Crippen LogP contribution in [0.1, 0.15) is 13.8 Å². The molecule has 0 aromatic heterocycles. The summed E-state index contributed by atoms with van der Waals surface area (Å²) < 4.78 is 13.5. The van der Waals surface area contributed by atoms with Crippen molar-refractivity contribution >= 4 is 28.6 Å². The van der Waals surface area contributed by atoms with Crippen LogP contribution < -0.4 is 15.9 Å². The highest BCUT2D eigenvalue weighted by Crippen LogP contribution is 2.44. The number of rotatable bonds is 6. The van der Waals surface area contributed by atoms with E-state index in [9.17, 15) is 4.39 Å². The van der Waals surface area contributed by atoms with E-state index in [0.717, 1.165) is 5.57 Å². The summed E-state index contributed by atoms with van der Waals surface area (Å²) >= 11 is 0. The second-order valence-electron chi connectivity index (χ2n) is 6.68. The Balaban J connectivity index is 2.39. The summed E-state index contributed by atoms with van der Waals surface area (Å²) in [6.07, 6.45) is 4.60. The van der Waals surface area contributed by atoms with E-state index in [1.54, 1.807) is 13.0 Å². The van der Waals surface area contributed by atoms with E-state index >= 15 is 0 Å². The lowest BCUT2D eigenvalue weighted by Crippen LogP contribution is -2.27. The average molecular weight is 388 g/mol. The highest BCUT2D eigenvalue weighted by atomic mass is 31.2. The zero-order chi connectivity index (χ0) is 19.8. The maximum absolute atomic E-state index is 13.5. The second kappa shape index (κ2) is 9.53. The van der Waals surface area contributed by atoms with Crippen molar-refractivity contribution in [2.24, 2.45) is 0 Å². The third-order valence-corrected chi connectivity index (χ3v) is 8.74. The molecule has 0 amide bonds. The van der Waals surface area contributed by atoms with Gasteiger partial charge >= 0.3 is 0 Å². The van der Waals surface area contributed by atoms with E-state index < -0.39 is 13.1 Å². The van der Waals surface area contributed by atoms with Crippen molar-refractivity contribution in [2.75, 3.05) is 0 Å². The normalized spacial score (nSPS) is 13.5. The van der Waals surface area contributed by atoms with E-state index in [0.29, 0.717) is 0 Å². The molecular formula is C26H26FP. The molecule has 3 rings (SSSR count). The number of hydrogen-bond donors (Lipinski definition) is 0. The van der Waals surface area contributed by atoms with Crippen LogP contribution in [0.4, 0.5) is 4.39 Å². The monoisotopic (exact) mass is 388 g/mol.